The normalized spacial score (nSPS) is 11.1. The Morgan fingerprint density at radius 2 is 1.73 bits per heavy atom. The van der Waals surface area contributed by atoms with Crippen molar-refractivity contribution in [1.29, 1.82) is 0 Å². The van der Waals surface area contributed by atoms with Crippen LogP contribution in [-0.2, 0) is 0 Å². The predicted molar refractivity (Wildman–Crippen MR) is 130 cm³/mol. The van der Waals surface area contributed by atoms with Crippen molar-refractivity contribution < 1.29 is 4.74 Å². The Morgan fingerprint density at radius 1 is 0.970 bits per heavy atom. The number of hydrogen-bond acceptors (Lipinski definition) is 8. The fourth-order valence-corrected chi connectivity index (χ4v) is 3.31. The molecule has 0 radical (unpaired) electrons. The number of nitrogens with zero attached hydrogens (tertiary/aromatic N) is 6. The second-order valence-electron chi connectivity index (χ2n) is 7.37. The third-order valence-electron chi connectivity index (χ3n) is 4.69. The first-order chi connectivity index (χ1) is 15.9. The molecule has 0 amide bonds. The standard InChI is InChI=1S/C23H23ClN8O/c1-14-5-8-19(9-6-14)26-21-27-22(29-23(28-21)32-16(3)11-15(2)31-32)30-25-13-17-12-18(24)7-10-20(17)33-4/h5-13H,1-4H3,(H2,26,27,28,29,30)/b25-13-. The molecule has 0 aliphatic rings. The SMILES string of the molecule is COc1ccc(Cl)cc1/C=N\Nc1nc(Nc2ccc(C)cc2)nc(-n2nc(C)cc2C)n1. The van der Waals surface area contributed by atoms with E-state index in [4.69, 9.17) is 16.3 Å². The number of aromatic nitrogens is 5. The highest BCUT2D eigenvalue weighted by atomic mass is 35.5. The first-order valence-electron chi connectivity index (χ1n) is 10.2. The van der Waals surface area contributed by atoms with Crippen LogP contribution < -0.4 is 15.5 Å². The number of hydrogen-bond donors (Lipinski definition) is 2. The average molecular weight is 463 g/mol. The second-order valence-corrected chi connectivity index (χ2v) is 7.81. The maximum Gasteiger partial charge on any atom is 0.257 e. The monoisotopic (exact) mass is 462 g/mol. The minimum Gasteiger partial charge on any atom is -0.496 e. The number of methoxy groups -OCH3 is 1. The van der Waals surface area contributed by atoms with Gasteiger partial charge in [-0.15, -0.1) is 0 Å². The summed E-state index contributed by atoms with van der Waals surface area (Å²) in [4.78, 5) is 13.5. The Morgan fingerprint density at radius 3 is 2.42 bits per heavy atom. The number of benzene rings is 2. The van der Waals surface area contributed by atoms with E-state index in [1.165, 1.54) is 0 Å². The van der Waals surface area contributed by atoms with Crippen molar-refractivity contribution in [2.45, 2.75) is 20.8 Å². The number of hydrazone groups is 1. The predicted octanol–water partition coefficient (Wildman–Crippen LogP) is 4.83. The van der Waals surface area contributed by atoms with E-state index in [0.717, 1.165) is 22.6 Å². The van der Waals surface area contributed by atoms with E-state index in [0.29, 0.717) is 28.2 Å². The lowest BCUT2D eigenvalue weighted by molar-refractivity contribution is 0.414. The van der Waals surface area contributed by atoms with Crippen LogP contribution >= 0.6 is 11.6 Å². The molecule has 2 aromatic carbocycles. The quantitative estimate of drug-likeness (QED) is 0.299. The van der Waals surface area contributed by atoms with Gasteiger partial charge in [-0.05, 0) is 57.2 Å². The molecule has 0 saturated heterocycles. The summed E-state index contributed by atoms with van der Waals surface area (Å²) in [7, 11) is 1.59. The van der Waals surface area contributed by atoms with Crippen LogP contribution in [0.4, 0.5) is 17.6 Å². The lowest BCUT2D eigenvalue weighted by Gasteiger charge is -2.10. The fourth-order valence-electron chi connectivity index (χ4n) is 3.13. The molecule has 4 rings (SSSR count). The van der Waals surface area contributed by atoms with Crippen LogP contribution in [0.5, 0.6) is 5.75 Å². The summed E-state index contributed by atoms with van der Waals surface area (Å²) < 4.78 is 7.01. The van der Waals surface area contributed by atoms with Gasteiger partial charge in [-0.25, -0.2) is 10.1 Å². The molecular formula is C23H23ClN8O. The Bertz CT molecular complexity index is 1300. The molecule has 0 aliphatic carbocycles. The van der Waals surface area contributed by atoms with Crippen molar-refractivity contribution in [2.75, 3.05) is 17.9 Å². The zero-order valence-corrected chi connectivity index (χ0v) is 19.4. The van der Waals surface area contributed by atoms with Gasteiger partial charge in [-0.1, -0.05) is 29.3 Å². The molecule has 0 atom stereocenters. The van der Waals surface area contributed by atoms with Crippen LogP contribution in [-0.4, -0.2) is 38.1 Å². The van der Waals surface area contributed by atoms with E-state index >= 15 is 0 Å². The zero-order valence-electron chi connectivity index (χ0n) is 18.7. The molecule has 10 heteroatoms. The van der Waals surface area contributed by atoms with Gasteiger partial charge in [-0.2, -0.15) is 25.2 Å². The summed E-state index contributed by atoms with van der Waals surface area (Å²) in [6.45, 7) is 5.88. The van der Waals surface area contributed by atoms with Crippen LogP contribution in [0.3, 0.4) is 0 Å². The second kappa shape index (κ2) is 9.66. The number of halogens is 1. The first kappa shape index (κ1) is 22.2. The minimum atomic E-state index is 0.249. The van der Waals surface area contributed by atoms with E-state index in [-0.39, 0.29) is 5.95 Å². The highest BCUT2D eigenvalue weighted by Gasteiger charge is 2.12. The maximum absolute atomic E-state index is 6.09. The molecular weight excluding hydrogens is 440 g/mol. The van der Waals surface area contributed by atoms with Gasteiger partial charge in [0.2, 0.25) is 11.9 Å². The molecule has 0 bridgehead atoms. The Kier molecular flexibility index (Phi) is 6.50. The van der Waals surface area contributed by atoms with Gasteiger partial charge in [0.15, 0.2) is 0 Å². The van der Waals surface area contributed by atoms with Gasteiger partial charge in [0, 0.05) is 22.0 Å². The fraction of sp³-hybridized carbons (Fsp3) is 0.174. The van der Waals surface area contributed by atoms with Crippen molar-refractivity contribution in [3.05, 3.63) is 76.1 Å². The van der Waals surface area contributed by atoms with Crippen molar-refractivity contribution in [3.8, 4) is 11.7 Å². The summed E-state index contributed by atoms with van der Waals surface area (Å²) >= 11 is 6.09. The van der Waals surface area contributed by atoms with E-state index in [1.54, 1.807) is 36.2 Å². The third kappa shape index (κ3) is 5.45. The van der Waals surface area contributed by atoms with E-state index in [9.17, 15) is 0 Å². The molecule has 168 valence electrons. The molecule has 0 aliphatic heterocycles. The van der Waals surface area contributed by atoms with Gasteiger partial charge >= 0.3 is 0 Å². The van der Waals surface area contributed by atoms with Crippen LogP contribution in [0.15, 0.2) is 53.6 Å². The topological polar surface area (TPSA) is 102 Å². The lowest BCUT2D eigenvalue weighted by Crippen LogP contribution is -2.11. The maximum atomic E-state index is 6.09. The Balaban J connectivity index is 1.66. The smallest absolute Gasteiger partial charge is 0.257 e. The highest BCUT2D eigenvalue weighted by Crippen LogP contribution is 2.21. The molecule has 33 heavy (non-hydrogen) atoms. The molecule has 0 spiro atoms. The third-order valence-corrected chi connectivity index (χ3v) is 4.93. The molecule has 0 saturated carbocycles. The first-order valence-corrected chi connectivity index (χ1v) is 10.5. The van der Waals surface area contributed by atoms with E-state index < -0.39 is 0 Å². The average Bonchev–Trinajstić information content (AvgIpc) is 3.13. The van der Waals surface area contributed by atoms with E-state index in [1.807, 2.05) is 51.1 Å². The van der Waals surface area contributed by atoms with E-state index in [2.05, 4.69) is 35.9 Å². The molecule has 4 aromatic rings. The van der Waals surface area contributed by atoms with Crippen LogP contribution in [0.25, 0.3) is 5.95 Å². The summed E-state index contributed by atoms with van der Waals surface area (Å²) in [6.07, 6.45) is 1.59. The number of nitrogens with one attached hydrogen (secondary N) is 2. The molecule has 2 heterocycles. The Hall–Kier alpha value is -3.98. The molecule has 0 fully saturated rings. The summed E-state index contributed by atoms with van der Waals surface area (Å²) in [6, 6.07) is 15.2. The van der Waals surface area contributed by atoms with Crippen molar-refractivity contribution in [1.82, 2.24) is 24.7 Å². The van der Waals surface area contributed by atoms with Gasteiger partial charge in [0.25, 0.3) is 5.95 Å². The number of anilines is 3. The van der Waals surface area contributed by atoms with Crippen molar-refractivity contribution in [3.63, 3.8) is 0 Å². The van der Waals surface area contributed by atoms with Crippen LogP contribution in [0.1, 0.15) is 22.5 Å². The van der Waals surface area contributed by atoms with Crippen molar-refractivity contribution in [2.24, 2.45) is 5.10 Å². The zero-order chi connectivity index (χ0) is 23.4. The molecule has 0 unspecified atom stereocenters. The highest BCUT2D eigenvalue weighted by molar-refractivity contribution is 6.30. The van der Waals surface area contributed by atoms with Gasteiger partial charge < -0.3 is 10.1 Å². The molecule has 9 nitrogen and oxygen atoms in total. The number of aryl methyl sites for hydroxylation is 3. The Labute approximate surface area is 196 Å². The number of ether oxygens (including phenoxy) is 1. The number of rotatable bonds is 7. The van der Waals surface area contributed by atoms with Gasteiger partial charge in [-0.3, -0.25) is 0 Å². The van der Waals surface area contributed by atoms with Gasteiger partial charge in [0.05, 0.1) is 19.0 Å². The summed E-state index contributed by atoms with van der Waals surface area (Å²) in [5.41, 5.74) is 7.35. The lowest BCUT2D eigenvalue weighted by atomic mass is 10.2. The van der Waals surface area contributed by atoms with Crippen LogP contribution in [0, 0.1) is 20.8 Å². The largest absolute Gasteiger partial charge is 0.496 e. The van der Waals surface area contributed by atoms with Gasteiger partial charge in [0.1, 0.15) is 5.75 Å². The summed E-state index contributed by atoms with van der Waals surface area (Å²) in [5, 5.41) is 12.5. The molecule has 2 aromatic heterocycles. The minimum absolute atomic E-state index is 0.249. The molecule has 2 N–H and O–H groups in total. The summed E-state index contributed by atoms with van der Waals surface area (Å²) in [5.74, 6) is 1.61. The van der Waals surface area contributed by atoms with Crippen molar-refractivity contribution >= 4 is 35.4 Å². The van der Waals surface area contributed by atoms with Crippen LogP contribution in [0.2, 0.25) is 5.02 Å².